The van der Waals surface area contributed by atoms with Gasteiger partial charge in [-0.2, -0.15) is 4.37 Å². The zero-order valence-corrected chi connectivity index (χ0v) is 19.4. The fraction of sp³-hybridized carbons (Fsp3) is 0.227. The summed E-state index contributed by atoms with van der Waals surface area (Å²) >= 11 is 1.05. The predicted molar refractivity (Wildman–Crippen MR) is 128 cm³/mol. The molecule has 178 valence electrons. The van der Waals surface area contributed by atoms with Crippen molar-refractivity contribution < 1.29 is 19.4 Å². The summed E-state index contributed by atoms with van der Waals surface area (Å²) < 4.78 is 10.7. The van der Waals surface area contributed by atoms with E-state index in [-0.39, 0.29) is 28.4 Å². The van der Waals surface area contributed by atoms with Crippen LogP contribution in [0.3, 0.4) is 0 Å². The maximum atomic E-state index is 12.9. The van der Waals surface area contributed by atoms with Crippen LogP contribution in [0.25, 0.3) is 16.2 Å². The van der Waals surface area contributed by atoms with E-state index in [1.165, 1.54) is 24.2 Å². The third kappa shape index (κ3) is 3.95. The molecule has 1 amide bonds. The quantitative estimate of drug-likeness (QED) is 0.406. The van der Waals surface area contributed by atoms with Gasteiger partial charge in [-0.1, -0.05) is 0 Å². The number of carboxylic acids is 1. The van der Waals surface area contributed by atoms with Crippen molar-refractivity contribution in [3.05, 3.63) is 58.3 Å². The number of fused-ring (bicyclic) bond motifs is 1. The van der Waals surface area contributed by atoms with Crippen molar-refractivity contribution in [1.82, 2.24) is 23.9 Å². The van der Waals surface area contributed by atoms with Crippen LogP contribution in [-0.4, -0.2) is 61.1 Å². The van der Waals surface area contributed by atoms with E-state index in [1.54, 1.807) is 31.3 Å². The molecule has 0 aromatic carbocycles. The number of methoxy groups -OCH3 is 1. The molecule has 4 aromatic heterocycles. The van der Waals surface area contributed by atoms with Crippen molar-refractivity contribution in [2.75, 3.05) is 30.4 Å². The molecule has 4 aromatic rings. The highest BCUT2D eigenvalue weighted by Gasteiger charge is 2.34. The Hall–Kier alpha value is -4.39. The third-order valence-corrected chi connectivity index (χ3v) is 6.40. The molecule has 1 aliphatic heterocycles. The number of anilines is 2. The van der Waals surface area contributed by atoms with Crippen LogP contribution in [0.4, 0.5) is 11.6 Å². The highest BCUT2D eigenvalue weighted by molar-refractivity contribution is 7.08. The Labute approximate surface area is 202 Å². The second-order valence-corrected chi connectivity index (χ2v) is 8.67. The summed E-state index contributed by atoms with van der Waals surface area (Å²) in [6.45, 7) is 2.55. The van der Waals surface area contributed by atoms with Gasteiger partial charge in [-0.15, -0.1) is 0 Å². The Morgan fingerprint density at radius 1 is 1.29 bits per heavy atom. The van der Waals surface area contributed by atoms with Gasteiger partial charge in [0.15, 0.2) is 17.2 Å². The fourth-order valence-corrected chi connectivity index (χ4v) is 4.42. The lowest BCUT2D eigenvalue weighted by Gasteiger charge is -2.39. The minimum absolute atomic E-state index is 0.187. The molecule has 13 heteroatoms. The third-order valence-electron chi connectivity index (χ3n) is 5.74. The van der Waals surface area contributed by atoms with Crippen molar-refractivity contribution in [2.24, 2.45) is 5.92 Å². The van der Waals surface area contributed by atoms with Crippen molar-refractivity contribution in [1.29, 1.82) is 0 Å². The predicted octanol–water partition coefficient (Wildman–Crippen LogP) is 1.72. The molecule has 0 unspecified atom stereocenters. The zero-order chi connectivity index (χ0) is 24.7. The first kappa shape index (κ1) is 22.4. The van der Waals surface area contributed by atoms with E-state index in [0.717, 1.165) is 11.5 Å². The molecule has 5 heterocycles. The van der Waals surface area contributed by atoms with Gasteiger partial charge in [-0.3, -0.25) is 14.2 Å². The normalized spacial score (nSPS) is 13.5. The highest BCUT2D eigenvalue weighted by atomic mass is 32.1. The average molecular weight is 494 g/mol. The number of carboxylic acid groups (broad SMARTS) is 1. The molecule has 0 aliphatic carbocycles. The molecule has 2 N–H and O–H groups in total. The van der Waals surface area contributed by atoms with Gasteiger partial charge >= 0.3 is 5.97 Å². The molecule has 12 nitrogen and oxygen atoms in total. The lowest BCUT2D eigenvalue weighted by molar-refractivity contribution is -0.120. The van der Waals surface area contributed by atoms with Crippen LogP contribution in [0.1, 0.15) is 15.9 Å². The number of hydrogen-bond acceptors (Lipinski definition) is 10. The summed E-state index contributed by atoms with van der Waals surface area (Å²) in [5.74, 6) is -0.422. The number of carbonyl (C=O) groups is 2. The first-order chi connectivity index (χ1) is 16.9. The Bertz CT molecular complexity index is 1510. The largest absolute Gasteiger partial charge is 0.493 e. The Kier molecular flexibility index (Phi) is 5.61. The van der Waals surface area contributed by atoms with E-state index >= 15 is 0 Å². The monoisotopic (exact) mass is 493 g/mol. The summed E-state index contributed by atoms with van der Waals surface area (Å²) in [6, 6.07) is 5.15. The summed E-state index contributed by atoms with van der Waals surface area (Å²) in [6.07, 6.45) is 4.13. The van der Waals surface area contributed by atoms with Crippen molar-refractivity contribution >= 4 is 46.1 Å². The first-order valence-electron chi connectivity index (χ1n) is 10.5. The number of nitrogens with zero attached hydrogens (tertiary/aromatic N) is 6. The average Bonchev–Trinajstić information content (AvgIpc) is 3.33. The minimum Gasteiger partial charge on any atom is -0.493 e. The lowest BCUT2D eigenvalue weighted by Crippen LogP contribution is -2.52. The summed E-state index contributed by atoms with van der Waals surface area (Å²) in [7, 11) is 1.51. The van der Waals surface area contributed by atoms with Crippen LogP contribution in [0.5, 0.6) is 5.75 Å². The summed E-state index contributed by atoms with van der Waals surface area (Å²) in [4.78, 5) is 52.1. The molecular formula is C22H19N7O5S. The number of aromatic carboxylic acids is 1. The highest BCUT2D eigenvalue weighted by Crippen LogP contribution is 2.29. The summed E-state index contributed by atoms with van der Waals surface area (Å²) in [5, 5.41) is 12.9. The van der Waals surface area contributed by atoms with Gasteiger partial charge in [0.25, 0.3) is 0 Å². The van der Waals surface area contributed by atoms with Gasteiger partial charge in [0.1, 0.15) is 17.7 Å². The number of rotatable bonds is 6. The number of aryl methyl sites for hydroxylation is 1. The summed E-state index contributed by atoms with van der Waals surface area (Å²) in [5.41, 5.74) is -0.147. The molecule has 0 spiro atoms. The lowest BCUT2D eigenvalue weighted by atomic mass is 9.98. The Morgan fingerprint density at radius 3 is 2.77 bits per heavy atom. The van der Waals surface area contributed by atoms with Gasteiger partial charge in [0.2, 0.25) is 16.5 Å². The van der Waals surface area contributed by atoms with Crippen LogP contribution in [0, 0.1) is 12.8 Å². The van der Waals surface area contributed by atoms with Crippen LogP contribution >= 0.6 is 11.5 Å². The van der Waals surface area contributed by atoms with E-state index in [0.29, 0.717) is 41.2 Å². The molecule has 0 radical (unpaired) electrons. The molecular weight excluding hydrogens is 474 g/mol. The molecule has 1 aliphatic rings. The molecule has 1 fully saturated rings. The van der Waals surface area contributed by atoms with Gasteiger partial charge in [-0.25, -0.2) is 19.7 Å². The number of nitrogens with one attached hydrogen (secondary N) is 1. The Balaban J connectivity index is 1.45. The van der Waals surface area contributed by atoms with Crippen molar-refractivity contribution in [2.45, 2.75) is 6.92 Å². The Morgan fingerprint density at radius 2 is 2.09 bits per heavy atom. The van der Waals surface area contributed by atoms with Gasteiger partial charge < -0.3 is 20.1 Å². The second kappa shape index (κ2) is 8.76. The number of ether oxygens (including phenoxy) is 1. The topological polar surface area (TPSA) is 152 Å². The van der Waals surface area contributed by atoms with Crippen LogP contribution in [0.2, 0.25) is 0 Å². The zero-order valence-electron chi connectivity index (χ0n) is 18.6. The van der Waals surface area contributed by atoms with Crippen LogP contribution in [-0.2, 0) is 4.79 Å². The fourth-order valence-electron chi connectivity index (χ4n) is 3.91. The van der Waals surface area contributed by atoms with E-state index in [4.69, 9.17) is 4.74 Å². The molecule has 0 atom stereocenters. The molecule has 5 rings (SSSR count). The second-order valence-electron chi connectivity index (χ2n) is 7.91. The minimum atomic E-state index is -1.33. The molecule has 1 saturated heterocycles. The van der Waals surface area contributed by atoms with Gasteiger partial charge in [0.05, 0.1) is 18.4 Å². The maximum absolute atomic E-state index is 12.9. The van der Waals surface area contributed by atoms with Gasteiger partial charge in [0, 0.05) is 37.0 Å². The number of carbonyl (C=O) groups excluding carboxylic acids is 1. The van der Waals surface area contributed by atoms with E-state index in [9.17, 15) is 19.5 Å². The van der Waals surface area contributed by atoms with Crippen molar-refractivity contribution in [3.8, 4) is 10.9 Å². The van der Waals surface area contributed by atoms with E-state index < -0.39 is 11.4 Å². The maximum Gasteiger partial charge on any atom is 0.341 e. The van der Waals surface area contributed by atoms with Crippen molar-refractivity contribution in [3.63, 3.8) is 0 Å². The smallest absolute Gasteiger partial charge is 0.341 e. The standard InChI is InChI=1S/C22H19N7O5S/c1-11-6-15(28-7-12(8-28)20(31)27-18-14(34-2)4-3-5-23-18)26-19-16(11)17(30)13(21(32)33)9-29(19)22-24-10-25-35-22/h3-6,9-10,12H,7-8H2,1-2H3,(H,32,33)(H,23,27,31). The number of pyridine rings is 3. The number of amides is 1. The molecule has 0 bridgehead atoms. The number of hydrogen-bond donors (Lipinski definition) is 2. The van der Waals surface area contributed by atoms with Crippen LogP contribution in [0.15, 0.2) is 41.7 Å². The number of aromatic nitrogens is 5. The SMILES string of the molecule is COc1cccnc1NC(=O)C1CN(c2cc(C)c3c(=O)c(C(=O)O)cn(-c4ncns4)c3n2)C1. The van der Waals surface area contributed by atoms with Crippen LogP contribution < -0.4 is 20.4 Å². The van der Waals surface area contributed by atoms with E-state index in [2.05, 4.69) is 24.6 Å². The first-order valence-corrected chi connectivity index (χ1v) is 11.3. The van der Waals surface area contributed by atoms with Gasteiger partial charge in [-0.05, 0) is 30.7 Å². The van der Waals surface area contributed by atoms with E-state index in [1.807, 2.05) is 4.90 Å². The molecule has 0 saturated carbocycles. The molecule has 35 heavy (non-hydrogen) atoms.